The van der Waals surface area contributed by atoms with Gasteiger partial charge in [-0.2, -0.15) is 5.26 Å². The zero-order valence-electron chi connectivity index (χ0n) is 17.3. The summed E-state index contributed by atoms with van der Waals surface area (Å²) in [5, 5.41) is 20.4. The standard InChI is InChI=1S/C24H25N3O3/c1-3-27-22-12-16(2)4-9-20(22)21(13-25)24(27)17-5-7-19(8-6-17)30-15-23(29)26-11-10-18(28)14-26/h4-9,12,18,28H,3,10-11,14-15H2,1-2H3/t18-/m0/s1. The Bertz CT molecular complexity index is 1130. The summed E-state index contributed by atoms with van der Waals surface area (Å²) in [6.07, 6.45) is 0.184. The van der Waals surface area contributed by atoms with Crippen LogP contribution in [0.3, 0.4) is 0 Å². The number of amides is 1. The topological polar surface area (TPSA) is 78.5 Å². The normalized spacial score (nSPS) is 16.1. The van der Waals surface area contributed by atoms with Gasteiger partial charge in [-0.3, -0.25) is 4.79 Å². The Morgan fingerprint density at radius 1 is 1.27 bits per heavy atom. The van der Waals surface area contributed by atoms with Crippen molar-refractivity contribution in [1.82, 2.24) is 9.47 Å². The molecule has 3 aromatic rings. The lowest BCUT2D eigenvalue weighted by Gasteiger charge is -2.16. The van der Waals surface area contributed by atoms with E-state index in [9.17, 15) is 15.2 Å². The summed E-state index contributed by atoms with van der Waals surface area (Å²) in [6, 6.07) is 16.0. The van der Waals surface area contributed by atoms with Gasteiger partial charge in [0.1, 0.15) is 11.8 Å². The Morgan fingerprint density at radius 3 is 2.67 bits per heavy atom. The average molecular weight is 403 g/mol. The van der Waals surface area contributed by atoms with E-state index in [0.717, 1.165) is 34.3 Å². The van der Waals surface area contributed by atoms with Crippen LogP contribution >= 0.6 is 0 Å². The fourth-order valence-corrected chi connectivity index (χ4v) is 4.11. The molecule has 1 aliphatic rings. The van der Waals surface area contributed by atoms with E-state index in [0.29, 0.717) is 30.8 Å². The van der Waals surface area contributed by atoms with Crippen LogP contribution in [0.15, 0.2) is 42.5 Å². The lowest BCUT2D eigenvalue weighted by molar-refractivity contribution is -0.132. The van der Waals surface area contributed by atoms with E-state index in [-0.39, 0.29) is 12.5 Å². The summed E-state index contributed by atoms with van der Waals surface area (Å²) in [5.41, 5.74) is 4.72. The monoisotopic (exact) mass is 403 g/mol. The van der Waals surface area contributed by atoms with Crippen molar-refractivity contribution in [3.8, 4) is 23.1 Å². The van der Waals surface area contributed by atoms with Crippen LogP contribution in [0.1, 0.15) is 24.5 Å². The molecule has 0 radical (unpaired) electrons. The number of aliphatic hydroxyl groups is 1. The third kappa shape index (κ3) is 3.64. The highest BCUT2D eigenvalue weighted by molar-refractivity contribution is 5.95. The van der Waals surface area contributed by atoms with Crippen molar-refractivity contribution >= 4 is 16.8 Å². The van der Waals surface area contributed by atoms with E-state index in [1.807, 2.05) is 36.4 Å². The van der Waals surface area contributed by atoms with Gasteiger partial charge in [-0.15, -0.1) is 0 Å². The minimum absolute atomic E-state index is 0.0516. The molecule has 2 aromatic carbocycles. The van der Waals surface area contributed by atoms with Gasteiger partial charge in [0, 0.05) is 25.0 Å². The highest BCUT2D eigenvalue weighted by Crippen LogP contribution is 2.34. The Hall–Kier alpha value is -3.30. The lowest BCUT2D eigenvalue weighted by Crippen LogP contribution is -2.33. The first-order valence-corrected chi connectivity index (χ1v) is 10.2. The second-order valence-corrected chi connectivity index (χ2v) is 7.70. The highest BCUT2D eigenvalue weighted by Gasteiger charge is 2.24. The van der Waals surface area contributed by atoms with Gasteiger partial charge in [-0.05, 0) is 61.7 Å². The molecule has 1 aliphatic heterocycles. The van der Waals surface area contributed by atoms with E-state index in [1.54, 1.807) is 4.90 Å². The molecule has 0 spiro atoms. The number of ether oxygens (including phenoxy) is 1. The predicted octanol–water partition coefficient (Wildman–Crippen LogP) is 3.48. The molecule has 1 fully saturated rings. The molecule has 0 unspecified atom stereocenters. The Labute approximate surface area is 175 Å². The minimum Gasteiger partial charge on any atom is -0.484 e. The molecule has 1 amide bonds. The second kappa shape index (κ2) is 8.21. The number of aromatic nitrogens is 1. The first kappa shape index (κ1) is 20.0. The van der Waals surface area contributed by atoms with Crippen LogP contribution in [0.4, 0.5) is 0 Å². The quantitative estimate of drug-likeness (QED) is 0.707. The maximum atomic E-state index is 12.2. The summed E-state index contributed by atoms with van der Waals surface area (Å²) in [5.74, 6) is 0.476. The van der Waals surface area contributed by atoms with Crippen molar-refractivity contribution in [2.75, 3.05) is 19.7 Å². The number of fused-ring (bicyclic) bond motifs is 1. The maximum absolute atomic E-state index is 12.2. The fraction of sp³-hybridized carbons (Fsp3) is 0.333. The molecule has 0 bridgehead atoms. The molecular formula is C24H25N3O3. The molecule has 6 nitrogen and oxygen atoms in total. The van der Waals surface area contributed by atoms with Gasteiger partial charge in [0.2, 0.25) is 0 Å². The van der Waals surface area contributed by atoms with Crippen LogP contribution in [0.25, 0.3) is 22.2 Å². The smallest absolute Gasteiger partial charge is 0.260 e. The number of hydrogen-bond acceptors (Lipinski definition) is 4. The van der Waals surface area contributed by atoms with Crippen molar-refractivity contribution < 1.29 is 14.6 Å². The van der Waals surface area contributed by atoms with Gasteiger partial charge < -0.3 is 19.3 Å². The molecule has 0 saturated carbocycles. The van der Waals surface area contributed by atoms with Crippen LogP contribution in [-0.2, 0) is 11.3 Å². The van der Waals surface area contributed by atoms with Gasteiger partial charge in [0.25, 0.3) is 5.91 Å². The van der Waals surface area contributed by atoms with Crippen molar-refractivity contribution in [1.29, 1.82) is 5.26 Å². The van der Waals surface area contributed by atoms with Crippen LogP contribution in [0.2, 0.25) is 0 Å². The Morgan fingerprint density at radius 2 is 2.03 bits per heavy atom. The van der Waals surface area contributed by atoms with E-state index < -0.39 is 6.10 Å². The van der Waals surface area contributed by atoms with Crippen LogP contribution < -0.4 is 4.74 Å². The maximum Gasteiger partial charge on any atom is 0.260 e. The molecule has 30 heavy (non-hydrogen) atoms. The van der Waals surface area contributed by atoms with E-state index >= 15 is 0 Å². The molecular weight excluding hydrogens is 378 g/mol. The Kier molecular flexibility index (Phi) is 5.47. The van der Waals surface area contributed by atoms with Gasteiger partial charge in [-0.1, -0.05) is 12.1 Å². The third-order valence-electron chi connectivity index (χ3n) is 5.65. The highest BCUT2D eigenvalue weighted by atomic mass is 16.5. The number of carbonyl (C=O) groups is 1. The summed E-state index contributed by atoms with van der Waals surface area (Å²) < 4.78 is 7.82. The third-order valence-corrected chi connectivity index (χ3v) is 5.65. The second-order valence-electron chi connectivity index (χ2n) is 7.70. The average Bonchev–Trinajstić information content (AvgIpc) is 3.32. The fourth-order valence-electron chi connectivity index (χ4n) is 4.11. The molecule has 2 heterocycles. The van der Waals surface area contributed by atoms with Gasteiger partial charge in [0.15, 0.2) is 6.61 Å². The van der Waals surface area contributed by atoms with Crippen LogP contribution in [-0.4, -0.2) is 46.3 Å². The molecule has 1 atom stereocenters. The molecule has 154 valence electrons. The number of benzene rings is 2. The first-order chi connectivity index (χ1) is 14.5. The van der Waals surface area contributed by atoms with Crippen LogP contribution in [0.5, 0.6) is 5.75 Å². The predicted molar refractivity (Wildman–Crippen MR) is 115 cm³/mol. The number of nitriles is 1. The minimum atomic E-state index is -0.434. The lowest BCUT2D eigenvalue weighted by atomic mass is 10.1. The SMILES string of the molecule is CCn1c(-c2ccc(OCC(=O)N3CC[C@H](O)C3)cc2)c(C#N)c2ccc(C)cc21. The van der Waals surface area contributed by atoms with E-state index in [4.69, 9.17) is 4.74 Å². The van der Waals surface area contributed by atoms with Gasteiger partial charge in [0.05, 0.1) is 22.9 Å². The zero-order valence-corrected chi connectivity index (χ0v) is 17.3. The summed E-state index contributed by atoms with van der Waals surface area (Å²) >= 11 is 0. The number of likely N-dealkylation sites (tertiary alicyclic amines) is 1. The van der Waals surface area contributed by atoms with Crippen LogP contribution in [0, 0.1) is 18.3 Å². The zero-order chi connectivity index (χ0) is 21.3. The molecule has 0 aliphatic carbocycles. The van der Waals surface area contributed by atoms with Gasteiger partial charge >= 0.3 is 0 Å². The molecule has 1 aromatic heterocycles. The number of carbonyl (C=O) groups excluding carboxylic acids is 1. The number of aliphatic hydroxyl groups excluding tert-OH is 1. The number of aryl methyl sites for hydroxylation is 2. The first-order valence-electron chi connectivity index (χ1n) is 10.2. The van der Waals surface area contributed by atoms with Crippen molar-refractivity contribution in [2.24, 2.45) is 0 Å². The number of rotatable bonds is 5. The summed E-state index contributed by atoms with van der Waals surface area (Å²) in [4.78, 5) is 13.8. The van der Waals surface area contributed by atoms with Crippen molar-refractivity contribution in [3.63, 3.8) is 0 Å². The molecule has 6 heteroatoms. The van der Waals surface area contributed by atoms with Crippen molar-refractivity contribution in [3.05, 3.63) is 53.6 Å². The number of β-amino-alcohol motifs (C(OH)–C–C–N with tert-alkyl or cyclic N) is 1. The summed E-state index contributed by atoms with van der Waals surface area (Å²) in [7, 11) is 0. The number of nitrogens with zero attached hydrogens (tertiary/aromatic N) is 3. The van der Waals surface area contributed by atoms with E-state index in [2.05, 4.69) is 30.6 Å². The molecule has 1 saturated heterocycles. The molecule has 4 rings (SSSR count). The number of hydrogen-bond donors (Lipinski definition) is 1. The summed E-state index contributed by atoms with van der Waals surface area (Å²) in [6.45, 7) is 5.77. The van der Waals surface area contributed by atoms with Crippen molar-refractivity contribution in [2.45, 2.75) is 32.9 Å². The Balaban J connectivity index is 1.58. The largest absolute Gasteiger partial charge is 0.484 e. The molecule has 1 N–H and O–H groups in total. The van der Waals surface area contributed by atoms with E-state index in [1.165, 1.54) is 0 Å². The van der Waals surface area contributed by atoms with Gasteiger partial charge in [-0.25, -0.2) is 0 Å².